The first-order valence-corrected chi connectivity index (χ1v) is 21.7. The van der Waals surface area contributed by atoms with Crippen LogP contribution in [-0.2, 0) is 55.3 Å². The first kappa shape index (κ1) is 43.8. The molecule has 1 aliphatic heterocycles. The van der Waals surface area contributed by atoms with Crippen molar-refractivity contribution in [2.45, 2.75) is 91.0 Å². The average Bonchev–Trinajstić information content (AvgIpc) is 3.94. The third-order valence-electron chi connectivity index (χ3n) is 10.3. The number of fused-ring (bicyclic) bond motifs is 4. The van der Waals surface area contributed by atoms with Gasteiger partial charge in [-0.1, -0.05) is 0 Å². The van der Waals surface area contributed by atoms with Gasteiger partial charge in [-0.15, -0.1) is 0 Å². The lowest BCUT2D eigenvalue weighted by Crippen LogP contribution is -2.34. The van der Waals surface area contributed by atoms with E-state index in [9.17, 15) is 18.7 Å². The van der Waals surface area contributed by atoms with Gasteiger partial charge in [0.1, 0.15) is 48.2 Å². The number of hydrogen-bond acceptors (Lipinski definition) is 20. The van der Waals surface area contributed by atoms with Crippen molar-refractivity contribution in [3.8, 4) is 0 Å². The van der Waals surface area contributed by atoms with E-state index in [0.29, 0.717) is 0 Å². The van der Waals surface area contributed by atoms with Gasteiger partial charge in [0.25, 0.3) is 0 Å². The molecule has 7 rings (SSSR count). The molecule has 0 amide bonds. The van der Waals surface area contributed by atoms with Crippen molar-refractivity contribution in [1.29, 1.82) is 0 Å². The zero-order valence-corrected chi connectivity index (χ0v) is 35.2. The van der Waals surface area contributed by atoms with E-state index in [1.165, 1.54) is 34.4 Å². The van der Waals surface area contributed by atoms with Gasteiger partial charge in [0.05, 0.1) is 48.8 Å². The van der Waals surface area contributed by atoms with Crippen molar-refractivity contribution in [3.05, 3.63) is 25.3 Å². The number of phosphoric acid groups is 2. The maximum atomic E-state index is 16.9. The van der Waals surface area contributed by atoms with Crippen LogP contribution in [0, 0.1) is 22.7 Å². The number of imidazole rings is 2. The van der Waals surface area contributed by atoms with Crippen molar-refractivity contribution in [2.24, 2.45) is 22.7 Å². The second-order valence-corrected chi connectivity index (χ2v) is 19.9. The van der Waals surface area contributed by atoms with E-state index >= 15 is 8.78 Å². The fourth-order valence-electron chi connectivity index (χ4n) is 7.07. The fraction of sp³-hybridized carbons (Fsp3) is 0.647. The number of ether oxygens (including phenoxy) is 2. The first-order chi connectivity index (χ1) is 28.2. The molecular weight excluding hydrogens is 840 g/mol. The third-order valence-corrected chi connectivity index (χ3v) is 13.1. The summed E-state index contributed by atoms with van der Waals surface area (Å²) in [6, 6.07) is -2.26. The molecule has 3 aliphatic rings. The van der Waals surface area contributed by atoms with Gasteiger partial charge < -0.3 is 30.1 Å². The average molecular weight is 887 g/mol. The van der Waals surface area contributed by atoms with Crippen LogP contribution >= 0.6 is 15.6 Å². The molecule has 60 heavy (non-hydrogen) atoms. The summed E-state index contributed by atoms with van der Waals surface area (Å²) in [4.78, 5) is 49.9. The molecule has 0 bridgehead atoms. The van der Waals surface area contributed by atoms with Crippen molar-refractivity contribution in [2.75, 3.05) is 38.3 Å². The van der Waals surface area contributed by atoms with Crippen LogP contribution in [0.15, 0.2) is 25.3 Å². The van der Waals surface area contributed by atoms with Crippen molar-refractivity contribution in [1.82, 2.24) is 39.0 Å². The smallest absolute Gasteiger partial charge is 0.437 e. The number of nitrogens with zero attached hydrogens (tertiary/aromatic N) is 8. The van der Waals surface area contributed by atoms with Gasteiger partial charge in [0, 0.05) is 11.8 Å². The van der Waals surface area contributed by atoms with Crippen LogP contribution in [0.5, 0.6) is 0 Å². The van der Waals surface area contributed by atoms with Crippen molar-refractivity contribution >= 4 is 61.5 Å². The monoisotopic (exact) mass is 886 g/mol. The van der Waals surface area contributed by atoms with Gasteiger partial charge in [0.15, 0.2) is 22.9 Å². The van der Waals surface area contributed by atoms with Crippen LogP contribution in [0.2, 0.25) is 0 Å². The SMILES string of the molecule is CC(C)(C)C(=O)OCOP1(=O)OC[C@H]2C[C@@H](n3cnc4c(N)ncnc43)C(F)[C@H]2OP(=O)(OCOC(=O)C(C)(C)C)OC[C@H]2C[C@@H](n3cnc4c(N)ncnc43)[C@@H](F)C2O1. The molecule has 0 aromatic carbocycles. The number of rotatable bonds is 8. The van der Waals surface area contributed by atoms with E-state index < -0.39 is 114 Å². The number of anilines is 2. The number of nitrogen functional groups attached to an aromatic ring is 2. The molecular formula is C34H46F2N10O12P2. The predicted octanol–water partition coefficient (Wildman–Crippen LogP) is 4.79. The molecule has 4 aromatic rings. The lowest BCUT2D eigenvalue weighted by Gasteiger charge is -2.31. The quantitative estimate of drug-likeness (QED) is 0.137. The predicted molar refractivity (Wildman–Crippen MR) is 203 cm³/mol. The van der Waals surface area contributed by atoms with Gasteiger partial charge >= 0.3 is 27.6 Å². The number of carbonyl (C=O) groups is 2. The number of alkyl halides is 2. The van der Waals surface area contributed by atoms with Crippen LogP contribution in [0.4, 0.5) is 20.4 Å². The minimum atomic E-state index is -4.95. The molecule has 1 saturated heterocycles. The Labute approximate surface area is 341 Å². The summed E-state index contributed by atoms with van der Waals surface area (Å²) in [6.45, 7) is 6.30. The Morgan fingerprint density at radius 3 is 1.45 bits per heavy atom. The molecule has 4 unspecified atom stereocenters. The summed E-state index contributed by atoms with van der Waals surface area (Å²) in [5.41, 5.74) is 10.7. The number of nitrogens with two attached hydrogens (primary N) is 2. The largest absolute Gasteiger partial charge is 0.478 e. The van der Waals surface area contributed by atoms with Gasteiger partial charge in [0.2, 0.25) is 13.6 Å². The van der Waals surface area contributed by atoms with E-state index in [-0.39, 0.29) is 46.8 Å². The van der Waals surface area contributed by atoms with Gasteiger partial charge in [-0.3, -0.25) is 27.7 Å². The molecule has 0 radical (unpaired) electrons. The van der Waals surface area contributed by atoms with Crippen LogP contribution in [0.25, 0.3) is 22.3 Å². The Bertz CT molecular complexity index is 2180. The number of halogens is 2. The molecule has 22 nitrogen and oxygen atoms in total. The highest BCUT2D eigenvalue weighted by Crippen LogP contribution is 2.60. The van der Waals surface area contributed by atoms with E-state index in [4.69, 9.17) is 48.1 Å². The second kappa shape index (κ2) is 16.5. The molecule has 328 valence electrons. The zero-order valence-electron chi connectivity index (χ0n) is 33.5. The van der Waals surface area contributed by atoms with Crippen LogP contribution in [0.1, 0.15) is 66.5 Å². The summed E-state index contributed by atoms with van der Waals surface area (Å²) in [6.07, 6.45) is -2.80. The highest BCUT2D eigenvalue weighted by molar-refractivity contribution is 7.48. The highest BCUT2D eigenvalue weighted by atomic mass is 31.2. The summed E-state index contributed by atoms with van der Waals surface area (Å²) in [5.74, 6) is -3.64. The second-order valence-electron chi connectivity index (χ2n) is 16.7. The number of hydrogen-bond donors (Lipinski definition) is 2. The third kappa shape index (κ3) is 8.87. The Hall–Kier alpha value is -4.28. The Morgan fingerprint density at radius 1 is 0.700 bits per heavy atom. The van der Waals surface area contributed by atoms with Crippen LogP contribution < -0.4 is 11.5 Å². The van der Waals surface area contributed by atoms with Crippen molar-refractivity contribution in [3.63, 3.8) is 0 Å². The number of carbonyl (C=O) groups excluding carboxylic acids is 2. The minimum absolute atomic E-state index is 0.0364. The maximum Gasteiger partial charge on any atom is 0.478 e. The summed E-state index contributed by atoms with van der Waals surface area (Å²) in [7, 11) is -9.89. The minimum Gasteiger partial charge on any atom is -0.437 e. The molecule has 4 N–H and O–H groups in total. The number of aromatic nitrogens is 8. The molecule has 4 aromatic heterocycles. The Morgan fingerprint density at radius 2 is 1.08 bits per heavy atom. The van der Waals surface area contributed by atoms with E-state index in [1.807, 2.05) is 0 Å². The van der Waals surface area contributed by atoms with Crippen LogP contribution in [0.3, 0.4) is 0 Å². The molecule has 2 aliphatic carbocycles. The zero-order chi connectivity index (χ0) is 43.4. The van der Waals surface area contributed by atoms with Gasteiger partial charge in [-0.05, 0) is 54.4 Å². The van der Waals surface area contributed by atoms with Crippen molar-refractivity contribution < 1.29 is 64.1 Å². The van der Waals surface area contributed by atoms with E-state index in [0.717, 1.165) is 0 Å². The topological polar surface area (TPSA) is 281 Å². The summed E-state index contributed by atoms with van der Waals surface area (Å²) < 4.78 is 111. The molecule has 10 atom stereocenters. The Balaban J connectivity index is 1.24. The molecule has 3 fully saturated rings. The van der Waals surface area contributed by atoms with E-state index in [2.05, 4.69) is 29.9 Å². The summed E-state index contributed by atoms with van der Waals surface area (Å²) in [5, 5.41) is 0. The van der Waals surface area contributed by atoms with Gasteiger partial charge in [-0.2, -0.15) is 0 Å². The van der Waals surface area contributed by atoms with Crippen LogP contribution in [-0.4, -0.2) is 102 Å². The van der Waals surface area contributed by atoms with E-state index in [1.54, 1.807) is 41.5 Å². The highest BCUT2D eigenvalue weighted by Gasteiger charge is 2.55. The summed E-state index contributed by atoms with van der Waals surface area (Å²) >= 11 is 0. The number of phosphoric ester groups is 2. The first-order valence-electron chi connectivity index (χ1n) is 18.8. The molecule has 5 heterocycles. The number of esters is 2. The standard InChI is InChI=1S/C34H46F2N10O12P2/c1-33(2,3)31(47)51-15-55-59(49)53-9-17-7-20(46-14-44-24-28(38)40-12-42-30(24)46)22(36)26(17)58-60(50,56-16-52-32(48)34(4,5)6)54-10-18-8-19(21(35)25(18)57-59)45-13-43-23-27(37)39-11-41-29(23)45/h11-14,17-22,25-26H,7-10,15-16H2,1-6H3,(H2,37,39,41)(H2,38,40,42)/t17-,18-,19-,20-,21-,22?,25?,26+,59?,60?/m1/s1. The maximum absolute atomic E-state index is 16.9. The fourth-order valence-corrected chi connectivity index (χ4v) is 9.75. The molecule has 0 spiro atoms. The van der Waals surface area contributed by atoms with Gasteiger partial charge in [-0.25, -0.2) is 56.9 Å². The lowest BCUT2D eigenvalue weighted by atomic mass is 9.98. The molecule has 26 heteroatoms. The lowest BCUT2D eigenvalue weighted by molar-refractivity contribution is -0.161. The normalized spacial score (nSPS) is 31.6. The Kier molecular flexibility index (Phi) is 12.1. The molecule has 2 saturated carbocycles.